The number of amides is 2. The van der Waals surface area contributed by atoms with Crippen LogP contribution < -0.4 is 10.6 Å². The molecule has 0 spiro atoms. The van der Waals surface area contributed by atoms with Gasteiger partial charge in [0.05, 0.1) is 5.60 Å². The van der Waals surface area contributed by atoms with Crippen LogP contribution in [0.1, 0.15) is 30.9 Å². The highest BCUT2D eigenvalue weighted by atomic mass is 16.5. The molecule has 0 aliphatic heterocycles. The minimum absolute atomic E-state index is 0.289. The normalized spacial score (nSPS) is 17.4. The van der Waals surface area contributed by atoms with Crippen LogP contribution in [-0.2, 0) is 9.53 Å². The topological polar surface area (TPSA) is 87.7 Å². The van der Waals surface area contributed by atoms with Gasteiger partial charge < -0.3 is 20.5 Å². The van der Waals surface area contributed by atoms with E-state index < -0.39 is 18.0 Å². The second kappa shape index (κ2) is 6.58. The molecule has 114 valence electrons. The monoisotopic (exact) mass is 292 g/mol. The summed E-state index contributed by atoms with van der Waals surface area (Å²) in [6, 6.07) is 7.03. The lowest BCUT2D eigenvalue weighted by Crippen LogP contribution is -2.52. The molecule has 3 N–H and O–H groups in total. The summed E-state index contributed by atoms with van der Waals surface area (Å²) in [7, 11) is 1.63. The van der Waals surface area contributed by atoms with Crippen LogP contribution in [-0.4, -0.2) is 36.4 Å². The average molecular weight is 292 g/mol. The first-order valence-corrected chi connectivity index (χ1v) is 6.94. The zero-order valence-electron chi connectivity index (χ0n) is 12.0. The number of ether oxygens (including phenoxy) is 1. The zero-order valence-corrected chi connectivity index (χ0v) is 12.0. The molecule has 1 aromatic carbocycles. The number of methoxy groups -OCH3 is 1. The zero-order chi connectivity index (χ0) is 15.3. The molecule has 2 rings (SSSR count). The number of carboxylic acids is 1. The number of urea groups is 1. The summed E-state index contributed by atoms with van der Waals surface area (Å²) < 4.78 is 5.40. The van der Waals surface area contributed by atoms with E-state index in [1.54, 1.807) is 37.4 Å². The van der Waals surface area contributed by atoms with E-state index in [1.165, 1.54) is 0 Å². The first-order chi connectivity index (χ1) is 10.1. The second-order valence-corrected chi connectivity index (χ2v) is 5.25. The van der Waals surface area contributed by atoms with Crippen LogP contribution in [0.25, 0.3) is 0 Å². The SMILES string of the molecule is COC1(CNC(=O)N[C@@H](C(=O)O)c2ccccc2)CCC1. The number of carbonyl (C=O) groups is 2. The Bertz CT molecular complexity index is 494. The second-order valence-electron chi connectivity index (χ2n) is 5.25. The number of rotatable bonds is 6. The fraction of sp³-hybridized carbons (Fsp3) is 0.467. The highest BCUT2D eigenvalue weighted by Crippen LogP contribution is 2.34. The highest BCUT2D eigenvalue weighted by Gasteiger charge is 2.37. The molecule has 1 saturated carbocycles. The molecule has 0 bridgehead atoms. The van der Waals surface area contributed by atoms with Crippen molar-refractivity contribution in [2.75, 3.05) is 13.7 Å². The van der Waals surface area contributed by atoms with Crippen molar-refractivity contribution in [3.05, 3.63) is 35.9 Å². The summed E-state index contributed by atoms with van der Waals surface area (Å²) in [6.07, 6.45) is 2.90. The molecule has 21 heavy (non-hydrogen) atoms. The number of hydrogen-bond acceptors (Lipinski definition) is 3. The number of carbonyl (C=O) groups excluding carboxylic acids is 1. The molecule has 0 aromatic heterocycles. The summed E-state index contributed by atoms with van der Waals surface area (Å²) in [5.74, 6) is -1.10. The number of nitrogens with one attached hydrogen (secondary N) is 2. The minimum Gasteiger partial charge on any atom is -0.479 e. The fourth-order valence-electron chi connectivity index (χ4n) is 2.38. The Hall–Kier alpha value is -2.08. The van der Waals surface area contributed by atoms with Crippen LogP contribution >= 0.6 is 0 Å². The van der Waals surface area contributed by atoms with Gasteiger partial charge in [-0.05, 0) is 24.8 Å². The molecule has 1 fully saturated rings. The van der Waals surface area contributed by atoms with Crippen molar-refractivity contribution >= 4 is 12.0 Å². The van der Waals surface area contributed by atoms with E-state index in [4.69, 9.17) is 4.74 Å². The van der Waals surface area contributed by atoms with E-state index in [2.05, 4.69) is 10.6 Å². The van der Waals surface area contributed by atoms with E-state index in [1.807, 2.05) is 0 Å². The van der Waals surface area contributed by atoms with Crippen molar-refractivity contribution in [1.82, 2.24) is 10.6 Å². The third-order valence-electron chi connectivity index (χ3n) is 3.92. The Labute approximate surface area is 123 Å². The summed E-state index contributed by atoms with van der Waals surface area (Å²) in [6.45, 7) is 0.385. The minimum atomic E-state index is -1.10. The smallest absolute Gasteiger partial charge is 0.330 e. The first kappa shape index (κ1) is 15.3. The predicted molar refractivity (Wildman–Crippen MR) is 76.9 cm³/mol. The van der Waals surface area contributed by atoms with E-state index in [0.29, 0.717) is 12.1 Å². The molecule has 0 saturated heterocycles. The van der Waals surface area contributed by atoms with Gasteiger partial charge >= 0.3 is 12.0 Å². The number of benzene rings is 1. The van der Waals surface area contributed by atoms with Gasteiger partial charge in [0.2, 0.25) is 0 Å². The summed E-state index contributed by atoms with van der Waals surface area (Å²) in [5, 5.41) is 14.4. The molecule has 2 amide bonds. The van der Waals surface area contributed by atoms with Crippen LogP contribution in [0.3, 0.4) is 0 Å². The quantitative estimate of drug-likeness (QED) is 0.744. The van der Waals surface area contributed by atoms with E-state index >= 15 is 0 Å². The Kier molecular flexibility index (Phi) is 4.80. The fourth-order valence-corrected chi connectivity index (χ4v) is 2.38. The average Bonchev–Trinajstić information content (AvgIpc) is 2.44. The van der Waals surface area contributed by atoms with Gasteiger partial charge in [0.15, 0.2) is 6.04 Å². The van der Waals surface area contributed by atoms with Crippen molar-refractivity contribution in [1.29, 1.82) is 0 Å². The Morgan fingerprint density at radius 1 is 1.33 bits per heavy atom. The molecular weight excluding hydrogens is 272 g/mol. The third kappa shape index (κ3) is 3.72. The van der Waals surface area contributed by atoms with Crippen LogP contribution in [0, 0.1) is 0 Å². The van der Waals surface area contributed by atoms with E-state index in [9.17, 15) is 14.7 Å². The van der Waals surface area contributed by atoms with Crippen LogP contribution in [0.4, 0.5) is 4.79 Å². The van der Waals surface area contributed by atoms with Gasteiger partial charge in [0.25, 0.3) is 0 Å². The molecule has 1 atom stereocenters. The van der Waals surface area contributed by atoms with Crippen LogP contribution in [0.5, 0.6) is 0 Å². The predicted octanol–water partition coefficient (Wildman–Crippen LogP) is 1.68. The Balaban J connectivity index is 1.91. The highest BCUT2D eigenvalue weighted by molar-refractivity contribution is 5.83. The van der Waals surface area contributed by atoms with Gasteiger partial charge in [0, 0.05) is 13.7 Å². The molecular formula is C15H20N2O4. The van der Waals surface area contributed by atoms with Gasteiger partial charge in [-0.1, -0.05) is 30.3 Å². The van der Waals surface area contributed by atoms with Gasteiger partial charge in [0.1, 0.15) is 0 Å². The summed E-state index contributed by atoms with van der Waals surface area (Å²) in [4.78, 5) is 23.2. The molecule has 0 unspecified atom stereocenters. The summed E-state index contributed by atoms with van der Waals surface area (Å²) in [5.41, 5.74) is 0.244. The van der Waals surface area contributed by atoms with Crippen LogP contribution in [0.15, 0.2) is 30.3 Å². The van der Waals surface area contributed by atoms with Crippen LogP contribution in [0.2, 0.25) is 0 Å². The maximum Gasteiger partial charge on any atom is 0.330 e. The molecule has 1 aliphatic carbocycles. The number of hydrogen-bond donors (Lipinski definition) is 3. The lowest BCUT2D eigenvalue weighted by molar-refractivity contribution is -0.139. The summed E-state index contributed by atoms with van der Waals surface area (Å²) >= 11 is 0. The number of carboxylic acid groups (broad SMARTS) is 1. The molecule has 0 radical (unpaired) electrons. The first-order valence-electron chi connectivity index (χ1n) is 6.94. The van der Waals surface area contributed by atoms with Crippen molar-refractivity contribution < 1.29 is 19.4 Å². The Morgan fingerprint density at radius 3 is 2.48 bits per heavy atom. The Morgan fingerprint density at radius 2 is 2.00 bits per heavy atom. The van der Waals surface area contributed by atoms with E-state index in [0.717, 1.165) is 19.3 Å². The maximum atomic E-state index is 11.9. The van der Waals surface area contributed by atoms with Crippen molar-refractivity contribution in [2.24, 2.45) is 0 Å². The molecule has 6 nitrogen and oxygen atoms in total. The molecule has 0 heterocycles. The maximum absolute atomic E-state index is 11.9. The standard InChI is InChI=1S/C15H20N2O4/c1-21-15(8-5-9-15)10-16-14(20)17-12(13(18)19)11-6-3-2-4-7-11/h2-4,6-7,12H,5,8-10H2,1H3,(H,18,19)(H2,16,17,20)/t12-/m1/s1. The lowest BCUT2D eigenvalue weighted by Gasteiger charge is -2.40. The number of aliphatic carboxylic acids is 1. The largest absolute Gasteiger partial charge is 0.479 e. The molecule has 1 aromatic rings. The van der Waals surface area contributed by atoms with Gasteiger partial charge in [-0.2, -0.15) is 0 Å². The molecule has 6 heteroatoms. The van der Waals surface area contributed by atoms with Crippen molar-refractivity contribution in [2.45, 2.75) is 30.9 Å². The van der Waals surface area contributed by atoms with Gasteiger partial charge in [-0.15, -0.1) is 0 Å². The van der Waals surface area contributed by atoms with E-state index in [-0.39, 0.29) is 5.60 Å². The van der Waals surface area contributed by atoms with Crippen molar-refractivity contribution in [3.8, 4) is 0 Å². The van der Waals surface area contributed by atoms with Crippen molar-refractivity contribution in [3.63, 3.8) is 0 Å². The van der Waals surface area contributed by atoms with Gasteiger partial charge in [-0.25, -0.2) is 9.59 Å². The van der Waals surface area contributed by atoms with Gasteiger partial charge in [-0.3, -0.25) is 0 Å². The molecule has 1 aliphatic rings. The third-order valence-corrected chi connectivity index (χ3v) is 3.92. The lowest BCUT2D eigenvalue weighted by atomic mass is 9.80.